The molecule has 0 amide bonds. The molecule has 0 radical (unpaired) electrons. The lowest BCUT2D eigenvalue weighted by Gasteiger charge is -2.41. The van der Waals surface area contributed by atoms with Crippen LogP contribution in [0.4, 0.5) is 0 Å². The predicted molar refractivity (Wildman–Crippen MR) is 76.8 cm³/mol. The Hall–Kier alpha value is 0.177. The molecule has 2 rings (SSSR count). The quantitative estimate of drug-likeness (QED) is 0.646. The maximum Gasteiger partial charge on any atom is 0.192 e. The molecule has 1 heterocycles. The molecule has 0 N–H and O–H groups in total. The summed E-state index contributed by atoms with van der Waals surface area (Å²) in [6, 6.07) is 4.25. The van der Waals surface area contributed by atoms with E-state index in [1.54, 1.807) is 0 Å². The van der Waals surface area contributed by atoms with Crippen LogP contribution < -0.4 is 0 Å². The largest absolute Gasteiger partial charge is 0.414 e. The van der Waals surface area contributed by atoms with Crippen LogP contribution >= 0.6 is 0 Å². The summed E-state index contributed by atoms with van der Waals surface area (Å²) >= 11 is 0. The third-order valence-corrected chi connectivity index (χ3v) is 9.61. The van der Waals surface area contributed by atoms with Gasteiger partial charge in [0.05, 0.1) is 0 Å². The van der Waals surface area contributed by atoms with Gasteiger partial charge in [0.25, 0.3) is 0 Å². The summed E-state index contributed by atoms with van der Waals surface area (Å²) in [7, 11) is -1.30. The molecule has 1 nitrogen and oxygen atoms in total. The molecule has 2 aliphatic rings. The van der Waals surface area contributed by atoms with Crippen LogP contribution in [-0.2, 0) is 4.43 Å². The second-order valence-electron chi connectivity index (χ2n) is 6.75. The molecule has 0 aromatic carbocycles. The molecule has 100 valence electrons. The molecule has 1 saturated heterocycles. The van der Waals surface area contributed by atoms with Crippen LogP contribution in [0.25, 0.3) is 0 Å². The molecule has 0 aromatic heterocycles. The highest BCUT2D eigenvalue weighted by Crippen LogP contribution is 2.38. The molecule has 2 heteroatoms. The summed E-state index contributed by atoms with van der Waals surface area (Å²) < 4.78 is 6.75. The smallest absolute Gasteiger partial charge is 0.192 e. The zero-order valence-electron chi connectivity index (χ0n) is 12.0. The molecule has 0 bridgehead atoms. The molecule has 17 heavy (non-hydrogen) atoms. The third-order valence-electron chi connectivity index (χ3n) is 4.96. The fourth-order valence-corrected chi connectivity index (χ4v) is 8.12. The molecule has 1 aliphatic carbocycles. The molecule has 2 fully saturated rings. The maximum absolute atomic E-state index is 6.75. The summed E-state index contributed by atoms with van der Waals surface area (Å²) in [4.78, 5) is 0. The maximum atomic E-state index is 6.75. The van der Waals surface area contributed by atoms with E-state index in [2.05, 4.69) is 20.8 Å². The average Bonchev–Trinajstić information content (AvgIpc) is 2.29. The molecular weight excluding hydrogens is 224 g/mol. The minimum absolute atomic E-state index is 0.610. The van der Waals surface area contributed by atoms with Crippen LogP contribution in [0.3, 0.4) is 0 Å². The van der Waals surface area contributed by atoms with Crippen molar-refractivity contribution in [2.45, 2.75) is 83.5 Å². The summed E-state index contributed by atoms with van der Waals surface area (Å²) in [5, 5.41) is 0. The lowest BCUT2D eigenvalue weighted by molar-refractivity contribution is 0.0892. The number of hydrogen-bond donors (Lipinski definition) is 0. The highest BCUT2D eigenvalue weighted by atomic mass is 28.4. The van der Waals surface area contributed by atoms with Gasteiger partial charge < -0.3 is 4.43 Å². The molecular formula is C15H30OSi. The van der Waals surface area contributed by atoms with Gasteiger partial charge in [0.15, 0.2) is 8.32 Å². The lowest BCUT2D eigenvalue weighted by atomic mass is 9.82. The van der Waals surface area contributed by atoms with Crippen molar-refractivity contribution in [3.8, 4) is 0 Å². The molecule has 0 aromatic rings. The summed E-state index contributed by atoms with van der Waals surface area (Å²) in [6.45, 7) is 7.20. The molecule has 2 unspecified atom stereocenters. The van der Waals surface area contributed by atoms with Crippen molar-refractivity contribution in [3.05, 3.63) is 0 Å². The van der Waals surface area contributed by atoms with Crippen LogP contribution in [0.15, 0.2) is 0 Å². The van der Waals surface area contributed by atoms with E-state index in [1.807, 2.05) is 0 Å². The van der Waals surface area contributed by atoms with Crippen molar-refractivity contribution in [2.75, 3.05) is 0 Å². The lowest BCUT2D eigenvalue weighted by Crippen LogP contribution is -2.44. The monoisotopic (exact) mass is 254 g/mol. The van der Waals surface area contributed by atoms with Crippen molar-refractivity contribution in [1.29, 1.82) is 0 Å². The van der Waals surface area contributed by atoms with Gasteiger partial charge in [0.1, 0.15) is 0 Å². The topological polar surface area (TPSA) is 9.23 Å². The zero-order chi connectivity index (χ0) is 12.3. The van der Waals surface area contributed by atoms with E-state index in [4.69, 9.17) is 4.43 Å². The molecule has 0 spiro atoms. The normalized spacial score (nSPS) is 37.9. The Kier molecular flexibility index (Phi) is 4.70. The van der Waals surface area contributed by atoms with E-state index in [1.165, 1.54) is 56.7 Å². The van der Waals surface area contributed by atoms with E-state index in [0.29, 0.717) is 6.10 Å². The van der Waals surface area contributed by atoms with E-state index >= 15 is 0 Å². The standard InChI is InChI=1S/C15H30OSi/c1-4-17(8-6-5-7-9-17)16-15-11-13(2)10-14(3)12-15/h13-15H,4-12H2,1-3H3. The van der Waals surface area contributed by atoms with Gasteiger partial charge in [-0.05, 0) is 49.2 Å². The first-order valence-corrected chi connectivity index (χ1v) is 10.3. The first kappa shape index (κ1) is 13.6. The first-order chi connectivity index (χ1) is 8.13. The van der Waals surface area contributed by atoms with Gasteiger partial charge in [-0.15, -0.1) is 0 Å². The molecule has 2 atom stereocenters. The van der Waals surface area contributed by atoms with Crippen LogP contribution in [0, 0.1) is 11.8 Å². The zero-order valence-corrected chi connectivity index (χ0v) is 13.0. The third kappa shape index (κ3) is 3.57. The first-order valence-electron chi connectivity index (χ1n) is 7.81. The van der Waals surface area contributed by atoms with Crippen molar-refractivity contribution in [1.82, 2.24) is 0 Å². The van der Waals surface area contributed by atoms with Gasteiger partial charge in [0, 0.05) is 6.10 Å². The number of rotatable bonds is 3. The second kappa shape index (κ2) is 5.88. The van der Waals surface area contributed by atoms with Crippen molar-refractivity contribution < 1.29 is 4.43 Å². The Balaban J connectivity index is 1.93. The van der Waals surface area contributed by atoms with Gasteiger partial charge >= 0.3 is 0 Å². The fourth-order valence-electron chi connectivity index (χ4n) is 4.07. The van der Waals surface area contributed by atoms with Gasteiger partial charge in [0.2, 0.25) is 0 Å². The SMILES string of the molecule is CC[Si]1(OC2CC(C)CC(C)C2)CCCCC1. The highest BCUT2D eigenvalue weighted by Gasteiger charge is 2.38. The van der Waals surface area contributed by atoms with Crippen molar-refractivity contribution in [3.63, 3.8) is 0 Å². The summed E-state index contributed by atoms with van der Waals surface area (Å²) in [6.07, 6.45) is 9.03. The minimum Gasteiger partial charge on any atom is -0.414 e. The van der Waals surface area contributed by atoms with Crippen molar-refractivity contribution >= 4 is 8.32 Å². The minimum atomic E-state index is -1.30. The fraction of sp³-hybridized carbons (Fsp3) is 1.00. The van der Waals surface area contributed by atoms with Crippen LogP contribution in [-0.4, -0.2) is 14.4 Å². The number of hydrogen-bond acceptors (Lipinski definition) is 1. The van der Waals surface area contributed by atoms with Gasteiger partial charge in [-0.3, -0.25) is 0 Å². The van der Waals surface area contributed by atoms with E-state index < -0.39 is 8.32 Å². The van der Waals surface area contributed by atoms with Crippen LogP contribution in [0.5, 0.6) is 0 Å². The molecule has 1 saturated carbocycles. The Morgan fingerprint density at radius 1 is 0.941 bits per heavy atom. The van der Waals surface area contributed by atoms with E-state index in [-0.39, 0.29) is 0 Å². The van der Waals surface area contributed by atoms with E-state index in [0.717, 1.165) is 11.8 Å². The highest BCUT2D eigenvalue weighted by molar-refractivity contribution is 6.73. The van der Waals surface area contributed by atoms with Crippen LogP contribution in [0.2, 0.25) is 18.1 Å². The van der Waals surface area contributed by atoms with Gasteiger partial charge in [-0.25, -0.2) is 0 Å². The Morgan fingerprint density at radius 3 is 2.06 bits per heavy atom. The summed E-state index contributed by atoms with van der Waals surface area (Å²) in [5.41, 5.74) is 0. The Labute approximate surface area is 108 Å². The second-order valence-corrected chi connectivity index (χ2v) is 11.1. The average molecular weight is 254 g/mol. The van der Waals surface area contributed by atoms with Gasteiger partial charge in [-0.2, -0.15) is 0 Å². The molecule has 1 aliphatic heterocycles. The predicted octanol–water partition coefficient (Wildman–Crippen LogP) is 4.98. The van der Waals surface area contributed by atoms with Crippen LogP contribution in [0.1, 0.15) is 59.3 Å². The summed E-state index contributed by atoms with van der Waals surface area (Å²) in [5.74, 6) is 1.77. The van der Waals surface area contributed by atoms with Crippen molar-refractivity contribution in [2.24, 2.45) is 11.8 Å². The van der Waals surface area contributed by atoms with E-state index in [9.17, 15) is 0 Å². The Bertz CT molecular complexity index is 225. The Morgan fingerprint density at radius 2 is 1.53 bits per heavy atom. The van der Waals surface area contributed by atoms with Gasteiger partial charge in [-0.1, -0.05) is 40.0 Å².